The van der Waals surface area contributed by atoms with Crippen molar-refractivity contribution in [2.45, 2.75) is 23.9 Å². The maximum absolute atomic E-state index is 13.0. The van der Waals surface area contributed by atoms with Gasteiger partial charge in [-0.05, 0) is 26.9 Å². The SMILES string of the molecule is CN(C)CC1CCCN1S(=O)(=O)c1c(N)nc2sccn12. The van der Waals surface area contributed by atoms with E-state index in [4.69, 9.17) is 5.73 Å². The van der Waals surface area contributed by atoms with Crippen LogP contribution in [0.3, 0.4) is 0 Å². The molecule has 2 aromatic rings. The van der Waals surface area contributed by atoms with Gasteiger partial charge in [0, 0.05) is 30.7 Å². The van der Waals surface area contributed by atoms with Crippen molar-refractivity contribution in [2.24, 2.45) is 0 Å². The number of fused-ring (bicyclic) bond motifs is 1. The summed E-state index contributed by atoms with van der Waals surface area (Å²) in [6.07, 6.45) is 3.46. The molecule has 9 heteroatoms. The Balaban J connectivity index is 2.03. The molecule has 116 valence electrons. The molecule has 1 saturated heterocycles. The Morgan fingerprint density at radius 1 is 1.52 bits per heavy atom. The van der Waals surface area contributed by atoms with Crippen LogP contribution in [0.5, 0.6) is 0 Å². The van der Waals surface area contributed by atoms with Crippen LogP contribution in [0.15, 0.2) is 16.6 Å². The summed E-state index contributed by atoms with van der Waals surface area (Å²) < 4.78 is 29.1. The van der Waals surface area contributed by atoms with Gasteiger partial charge in [0.25, 0.3) is 10.0 Å². The van der Waals surface area contributed by atoms with E-state index in [0.29, 0.717) is 18.1 Å². The highest BCUT2D eigenvalue weighted by Gasteiger charge is 2.38. The van der Waals surface area contributed by atoms with Gasteiger partial charge in [-0.1, -0.05) is 0 Å². The first kappa shape index (κ1) is 14.8. The Hall–Kier alpha value is -1.16. The highest BCUT2D eigenvalue weighted by molar-refractivity contribution is 7.89. The van der Waals surface area contributed by atoms with Crippen molar-refractivity contribution in [2.75, 3.05) is 32.9 Å². The molecule has 0 saturated carbocycles. The third kappa shape index (κ3) is 2.44. The third-order valence-electron chi connectivity index (χ3n) is 3.70. The summed E-state index contributed by atoms with van der Waals surface area (Å²) in [5.74, 6) is 0.0809. The molecule has 1 fully saturated rings. The van der Waals surface area contributed by atoms with E-state index in [1.807, 2.05) is 24.4 Å². The van der Waals surface area contributed by atoms with Gasteiger partial charge in [-0.25, -0.2) is 13.4 Å². The summed E-state index contributed by atoms with van der Waals surface area (Å²) in [5.41, 5.74) is 5.86. The highest BCUT2D eigenvalue weighted by atomic mass is 32.2. The normalized spacial score (nSPS) is 20.8. The topological polar surface area (TPSA) is 83.9 Å². The van der Waals surface area contributed by atoms with Gasteiger partial charge in [-0.2, -0.15) is 4.31 Å². The van der Waals surface area contributed by atoms with Gasteiger partial charge in [0.05, 0.1) is 0 Å². The van der Waals surface area contributed by atoms with Crippen LogP contribution < -0.4 is 5.73 Å². The smallest absolute Gasteiger partial charge is 0.263 e. The Morgan fingerprint density at radius 2 is 2.29 bits per heavy atom. The van der Waals surface area contributed by atoms with Crippen LogP contribution in [0.25, 0.3) is 4.96 Å². The van der Waals surface area contributed by atoms with Crippen molar-refractivity contribution < 1.29 is 8.42 Å². The second-order valence-corrected chi connectivity index (χ2v) is 8.21. The third-order valence-corrected chi connectivity index (χ3v) is 6.44. The predicted octanol–water partition coefficient (Wildman–Crippen LogP) is 0.693. The molecule has 21 heavy (non-hydrogen) atoms. The Bertz CT molecular complexity index is 749. The minimum atomic E-state index is -3.63. The molecule has 1 aliphatic heterocycles. The maximum atomic E-state index is 13.0. The number of sulfonamides is 1. The van der Waals surface area contributed by atoms with E-state index in [1.165, 1.54) is 11.3 Å². The van der Waals surface area contributed by atoms with E-state index in [-0.39, 0.29) is 16.9 Å². The quantitative estimate of drug-likeness (QED) is 0.892. The fraction of sp³-hybridized carbons (Fsp3) is 0.583. The highest BCUT2D eigenvalue weighted by Crippen LogP contribution is 2.31. The molecule has 0 radical (unpaired) electrons. The number of nitrogen functional groups attached to an aromatic ring is 1. The first-order valence-corrected chi connectivity index (χ1v) is 9.11. The van der Waals surface area contributed by atoms with Gasteiger partial charge in [0.15, 0.2) is 15.8 Å². The summed E-state index contributed by atoms with van der Waals surface area (Å²) in [7, 11) is 0.275. The van der Waals surface area contributed by atoms with Gasteiger partial charge >= 0.3 is 0 Å². The molecule has 1 atom stereocenters. The summed E-state index contributed by atoms with van der Waals surface area (Å²) in [4.78, 5) is 6.76. The van der Waals surface area contributed by atoms with Crippen LogP contribution in [0, 0.1) is 0 Å². The van der Waals surface area contributed by atoms with E-state index in [2.05, 4.69) is 4.98 Å². The van der Waals surface area contributed by atoms with Crippen LogP contribution in [0.2, 0.25) is 0 Å². The average molecular weight is 329 g/mol. The standard InChI is InChI=1S/C12H19N5O2S2/c1-15(2)8-9-4-3-5-17(9)21(18,19)11-10(13)14-12-16(11)6-7-20-12/h6-7,9H,3-5,8,13H2,1-2H3. The van der Waals surface area contributed by atoms with Crippen LogP contribution in [0.1, 0.15) is 12.8 Å². The average Bonchev–Trinajstić information content (AvgIpc) is 3.02. The molecule has 3 heterocycles. The summed E-state index contributed by atoms with van der Waals surface area (Å²) in [6, 6.07) is -0.00594. The number of hydrogen-bond donors (Lipinski definition) is 1. The lowest BCUT2D eigenvalue weighted by Gasteiger charge is -2.26. The van der Waals surface area contributed by atoms with Crippen LogP contribution >= 0.6 is 11.3 Å². The molecule has 2 aromatic heterocycles. The summed E-state index contributed by atoms with van der Waals surface area (Å²) >= 11 is 1.37. The van der Waals surface area contributed by atoms with Gasteiger partial charge in [0.2, 0.25) is 0 Å². The maximum Gasteiger partial charge on any atom is 0.263 e. The van der Waals surface area contributed by atoms with Crippen molar-refractivity contribution >= 4 is 32.1 Å². The lowest BCUT2D eigenvalue weighted by Crippen LogP contribution is -2.41. The summed E-state index contributed by atoms with van der Waals surface area (Å²) in [5, 5.41) is 1.91. The second-order valence-electron chi connectivity index (χ2n) is 5.53. The number of anilines is 1. The van der Waals surface area contributed by atoms with Crippen molar-refractivity contribution in [1.82, 2.24) is 18.6 Å². The molecule has 1 unspecified atom stereocenters. The number of aromatic nitrogens is 2. The Morgan fingerprint density at radius 3 is 3.00 bits per heavy atom. The van der Waals surface area contributed by atoms with E-state index < -0.39 is 10.0 Å². The zero-order valence-corrected chi connectivity index (χ0v) is 13.7. The van der Waals surface area contributed by atoms with Crippen molar-refractivity contribution in [3.05, 3.63) is 11.6 Å². The molecule has 1 aliphatic rings. The molecular weight excluding hydrogens is 310 g/mol. The Kier molecular flexibility index (Phi) is 3.68. The monoisotopic (exact) mass is 329 g/mol. The number of hydrogen-bond acceptors (Lipinski definition) is 6. The zero-order valence-electron chi connectivity index (χ0n) is 12.1. The van der Waals surface area contributed by atoms with Crippen LogP contribution in [0.4, 0.5) is 5.82 Å². The number of nitrogens with two attached hydrogens (primary N) is 1. The fourth-order valence-corrected chi connectivity index (χ4v) is 5.52. The molecule has 0 bridgehead atoms. The first-order chi connectivity index (χ1) is 9.91. The molecular formula is C12H19N5O2S2. The fourth-order valence-electron chi connectivity index (χ4n) is 2.88. The lowest BCUT2D eigenvalue weighted by atomic mass is 10.2. The largest absolute Gasteiger partial charge is 0.381 e. The van der Waals surface area contributed by atoms with Crippen LogP contribution in [-0.2, 0) is 10.0 Å². The second kappa shape index (κ2) is 5.24. The lowest BCUT2D eigenvalue weighted by molar-refractivity contribution is 0.291. The van der Waals surface area contributed by atoms with Crippen molar-refractivity contribution in [3.8, 4) is 0 Å². The van der Waals surface area contributed by atoms with Gasteiger partial charge in [-0.15, -0.1) is 11.3 Å². The first-order valence-electron chi connectivity index (χ1n) is 6.79. The molecule has 0 spiro atoms. The van der Waals surface area contributed by atoms with Crippen LogP contribution in [-0.4, -0.2) is 60.2 Å². The molecule has 7 nitrogen and oxygen atoms in total. The molecule has 0 aliphatic carbocycles. The van der Waals surface area contributed by atoms with Gasteiger partial charge in [-0.3, -0.25) is 4.40 Å². The number of rotatable bonds is 4. The Labute approximate surface area is 128 Å². The molecule has 0 amide bonds. The molecule has 3 rings (SSSR count). The van der Waals surface area contributed by atoms with E-state index >= 15 is 0 Å². The van der Waals surface area contributed by atoms with Gasteiger partial charge < -0.3 is 10.6 Å². The predicted molar refractivity (Wildman–Crippen MR) is 82.9 cm³/mol. The van der Waals surface area contributed by atoms with E-state index in [1.54, 1.807) is 14.9 Å². The molecule has 0 aromatic carbocycles. The zero-order chi connectivity index (χ0) is 15.2. The number of thiazole rings is 1. The van der Waals surface area contributed by atoms with Gasteiger partial charge in [0.1, 0.15) is 0 Å². The van der Waals surface area contributed by atoms with E-state index in [0.717, 1.165) is 12.8 Å². The minimum absolute atomic E-state index is 0.00594. The van der Waals surface area contributed by atoms with Crippen molar-refractivity contribution in [1.29, 1.82) is 0 Å². The molecule has 2 N–H and O–H groups in total. The summed E-state index contributed by atoms with van der Waals surface area (Å²) in [6.45, 7) is 1.25. The number of imidazole rings is 1. The minimum Gasteiger partial charge on any atom is -0.381 e. The number of likely N-dealkylation sites (N-methyl/N-ethyl adjacent to an activating group) is 1. The van der Waals surface area contributed by atoms with E-state index in [9.17, 15) is 8.42 Å². The number of nitrogens with zero attached hydrogens (tertiary/aromatic N) is 4. The van der Waals surface area contributed by atoms with Crippen molar-refractivity contribution in [3.63, 3.8) is 0 Å².